The molecule has 0 saturated carbocycles. The lowest BCUT2D eigenvalue weighted by Crippen LogP contribution is -2.55. The monoisotopic (exact) mass is 485 g/mol. The fourth-order valence-corrected chi connectivity index (χ4v) is 6.54. The van der Waals surface area contributed by atoms with Crippen molar-refractivity contribution in [3.63, 3.8) is 0 Å². The van der Waals surface area contributed by atoms with E-state index in [-0.39, 0.29) is 0 Å². The first kappa shape index (κ1) is 21.5. The third kappa shape index (κ3) is 4.39. The van der Waals surface area contributed by atoms with Gasteiger partial charge in [0.15, 0.2) is 10.3 Å². The summed E-state index contributed by atoms with van der Waals surface area (Å²) in [4.78, 5) is 17.3. The summed E-state index contributed by atoms with van der Waals surface area (Å²) in [6.45, 7) is 7.80. The van der Waals surface area contributed by atoms with Crippen LogP contribution in [0.1, 0.15) is 16.7 Å². The van der Waals surface area contributed by atoms with Gasteiger partial charge in [-0.15, -0.1) is 0 Å². The van der Waals surface area contributed by atoms with Crippen LogP contribution < -0.4 is 9.80 Å². The normalized spacial score (nSPS) is 15.0. The van der Waals surface area contributed by atoms with E-state index in [0.717, 1.165) is 54.3 Å². The smallest absolute Gasteiger partial charge is 0.188 e. The van der Waals surface area contributed by atoms with Gasteiger partial charge < -0.3 is 9.80 Å². The molecular weight excluding hydrogens is 458 g/mol. The largest absolute Gasteiger partial charge is 0.317 e. The predicted molar refractivity (Wildman–Crippen MR) is 145 cm³/mol. The van der Waals surface area contributed by atoms with Gasteiger partial charge in [-0.05, 0) is 61.2 Å². The number of benzene rings is 3. The molecule has 0 amide bonds. The Balaban J connectivity index is 1.30. The summed E-state index contributed by atoms with van der Waals surface area (Å²) in [5, 5.41) is 2.15. The highest BCUT2D eigenvalue weighted by molar-refractivity contribution is 7.22. The van der Waals surface area contributed by atoms with Crippen LogP contribution in [0.25, 0.3) is 20.4 Å². The number of hydrogen-bond donors (Lipinski definition) is 0. The number of nitrogens with zero attached hydrogens (tertiary/aromatic N) is 5. The molecule has 7 heteroatoms. The van der Waals surface area contributed by atoms with Crippen molar-refractivity contribution in [3.8, 4) is 0 Å². The molecule has 0 spiro atoms. The van der Waals surface area contributed by atoms with Crippen molar-refractivity contribution in [2.45, 2.75) is 20.3 Å². The number of thiazole rings is 2. The van der Waals surface area contributed by atoms with Gasteiger partial charge in [0.05, 0.1) is 40.4 Å². The van der Waals surface area contributed by atoms with Crippen LogP contribution in [0.2, 0.25) is 0 Å². The highest BCUT2D eigenvalue weighted by atomic mass is 32.1. The van der Waals surface area contributed by atoms with Gasteiger partial charge in [0.1, 0.15) is 0 Å². The first-order valence-corrected chi connectivity index (χ1v) is 13.2. The lowest BCUT2D eigenvalue weighted by molar-refractivity contribution is 0.244. The van der Waals surface area contributed by atoms with Gasteiger partial charge in [-0.25, -0.2) is 9.97 Å². The quantitative estimate of drug-likeness (QED) is 0.293. The van der Waals surface area contributed by atoms with Gasteiger partial charge in [0, 0.05) is 6.54 Å². The van der Waals surface area contributed by atoms with E-state index in [4.69, 9.17) is 9.97 Å². The van der Waals surface area contributed by atoms with Crippen molar-refractivity contribution in [2.24, 2.45) is 0 Å². The summed E-state index contributed by atoms with van der Waals surface area (Å²) in [6.07, 6.45) is 1.03. The molecule has 1 aliphatic heterocycles. The molecular formula is C27H27N5S2. The van der Waals surface area contributed by atoms with E-state index in [1.54, 1.807) is 22.7 Å². The van der Waals surface area contributed by atoms with E-state index in [1.165, 1.54) is 26.1 Å². The number of anilines is 2. The van der Waals surface area contributed by atoms with Crippen LogP contribution in [0.4, 0.5) is 10.3 Å². The van der Waals surface area contributed by atoms with E-state index < -0.39 is 0 Å². The molecule has 1 aliphatic rings. The summed E-state index contributed by atoms with van der Waals surface area (Å²) in [5.41, 5.74) is 6.08. The van der Waals surface area contributed by atoms with Crippen LogP contribution in [0.3, 0.4) is 0 Å². The SMILES string of the molecule is Cc1ccc2nc(N3CN(CCc4ccccc4)CN(c4nc5ccc(C)cc5s4)C3)sc2c1. The van der Waals surface area contributed by atoms with E-state index >= 15 is 0 Å². The minimum atomic E-state index is 0.791. The van der Waals surface area contributed by atoms with Crippen LogP contribution in [0.5, 0.6) is 0 Å². The average molecular weight is 486 g/mol. The Kier molecular flexibility index (Phi) is 5.69. The maximum atomic E-state index is 4.99. The number of aryl methyl sites for hydroxylation is 2. The summed E-state index contributed by atoms with van der Waals surface area (Å²) in [7, 11) is 0. The van der Waals surface area contributed by atoms with Gasteiger partial charge >= 0.3 is 0 Å². The van der Waals surface area contributed by atoms with Gasteiger partial charge in [0.2, 0.25) is 0 Å². The molecule has 2 aromatic heterocycles. The third-order valence-electron chi connectivity index (χ3n) is 6.25. The number of aromatic nitrogens is 2. The van der Waals surface area contributed by atoms with E-state index in [2.05, 4.69) is 95.3 Å². The third-order valence-corrected chi connectivity index (χ3v) is 8.41. The van der Waals surface area contributed by atoms with Gasteiger partial charge in [0.25, 0.3) is 0 Å². The topological polar surface area (TPSA) is 35.5 Å². The van der Waals surface area contributed by atoms with E-state index in [0.29, 0.717) is 0 Å². The Labute approximate surface area is 207 Å². The van der Waals surface area contributed by atoms with Crippen LogP contribution >= 0.6 is 22.7 Å². The molecule has 0 bridgehead atoms. The second-order valence-corrected chi connectivity index (χ2v) is 11.1. The van der Waals surface area contributed by atoms with Crippen LogP contribution in [-0.4, -0.2) is 41.4 Å². The fraction of sp³-hybridized carbons (Fsp3) is 0.259. The summed E-state index contributed by atoms with van der Waals surface area (Å²) >= 11 is 3.57. The molecule has 3 aromatic carbocycles. The average Bonchev–Trinajstić information content (AvgIpc) is 3.47. The first-order valence-electron chi connectivity index (χ1n) is 11.6. The molecule has 1 fully saturated rings. The standard InChI is InChI=1S/C27H27N5S2/c1-19-8-10-22-24(14-19)33-26(28-22)31-16-30(13-12-21-6-4-3-5-7-21)17-32(18-31)27-29-23-11-9-20(2)15-25(23)34-27/h3-11,14-15H,12-13,16-18H2,1-2H3. The minimum absolute atomic E-state index is 0.791. The van der Waals surface area contributed by atoms with E-state index in [1.807, 2.05) is 0 Å². The summed E-state index contributed by atoms with van der Waals surface area (Å²) in [5.74, 6) is 0. The van der Waals surface area contributed by atoms with Crippen LogP contribution in [0, 0.1) is 13.8 Å². The lowest BCUT2D eigenvalue weighted by atomic mass is 10.1. The second kappa shape index (κ2) is 8.98. The van der Waals surface area contributed by atoms with Gasteiger partial charge in [-0.2, -0.15) is 0 Å². The molecule has 6 rings (SSSR count). The highest BCUT2D eigenvalue weighted by Gasteiger charge is 2.27. The zero-order valence-corrected chi connectivity index (χ0v) is 21.1. The fourth-order valence-electron chi connectivity index (χ4n) is 4.45. The summed E-state index contributed by atoms with van der Waals surface area (Å²) < 4.78 is 2.50. The molecule has 0 radical (unpaired) electrons. The molecule has 5 aromatic rings. The minimum Gasteiger partial charge on any atom is -0.317 e. The Hall–Kier alpha value is -3.00. The Bertz CT molecular complexity index is 1350. The zero-order valence-electron chi connectivity index (χ0n) is 19.4. The van der Waals surface area contributed by atoms with E-state index in [9.17, 15) is 0 Å². The molecule has 0 atom stereocenters. The van der Waals surface area contributed by atoms with Crippen molar-refractivity contribution >= 4 is 53.4 Å². The Morgan fingerprint density at radius 3 is 1.82 bits per heavy atom. The first-order chi connectivity index (χ1) is 16.6. The van der Waals surface area contributed by atoms with Crippen molar-refractivity contribution in [1.82, 2.24) is 14.9 Å². The molecule has 34 heavy (non-hydrogen) atoms. The Morgan fingerprint density at radius 2 is 1.26 bits per heavy atom. The van der Waals surface area contributed by atoms with Gasteiger partial charge in [-0.1, -0.05) is 65.1 Å². The molecule has 3 heterocycles. The molecule has 172 valence electrons. The lowest BCUT2D eigenvalue weighted by Gasteiger charge is -2.42. The van der Waals surface area contributed by atoms with Crippen LogP contribution in [-0.2, 0) is 6.42 Å². The summed E-state index contributed by atoms with van der Waals surface area (Å²) in [6, 6.07) is 23.8. The maximum Gasteiger partial charge on any atom is 0.188 e. The predicted octanol–water partition coefficient (Wildman–Crippen LogP) is 6.27. The number of rotatable bonds is 5. The molecule has 5 nitrogen and oxygen atoms in total. The zero-order chi connectivity index (χ0) is 23.1. The van der Waals surface area contributed by atoms with Crippen molar-refractivity contribution in [3.05, 3.63) is 83.4 Å². The molecule has 0 N–H and O–H groups in total. The second-order valence-electron chi connectivity index (χ2n) is 9.07. The maximum absolute atomic E-state index is 4.99. The molecule has 1 saturated heterocycles. The molecule has 0 aliphatic carbocycles. The van der Waals surface area contributed by atoms with Crippen molar-refractivity contribution in [2.75, 3.05) is 36.4 Å². The van der Waals surface area contributed by atoms with Crippen molar-refractivity contribution in [1.29, 1.82) is 0 Å². The van der Waals surface area contributed by atoms with Gasteiger partial charge in [-0.3, -0.25) is 4.90 Å². The Morgan fingerprint density at radius 1 is 0.706 bits per heavy atom. The number of fused-ring (bicyclic) bond motifs is 2. The highest BCUT2D eigenvalue weighted by Crippen LogP contribution is 2.34. The number of hydrogen-bond acceptors (Lipinski definition) is 7. The van der Waals surface area contributed by atoms with Crippen LogP contribution in [0.15, 0.2) is 66.7 Å². The van der Waals surface area contributed by atoms with Crippen molar-refractivity contribution < 1.29 is 0 Å². The molecule has 0 unspecified atom stereocenters.